The maximum Gasteiger partial charge on any atom is 0.246 e. The summed E-state index contributed by atoms with van der Waals surface area (Å²) < 4.78 is 0. The summed E-state index contributed by atoms with van der Waals surface area (Å²) in [5, 5.41) is 6.29. The normalized spacial score (nSPS) is 20.6. The second-order valence-corrected chi connectivity index (χ2v) is 6.93. The van der Waals surface area contributed by atoms with E-state index < -0.39 is 0 Å². The fraction of sp³-hybridized carbons (Fsp3) is 0.368. The number of halogens is 1. The Morgan fingerprint density at radius 1 is 1.12 bits per heavy atom. The largest absolute Gasteiger partial charge is 0.356 e. The van der Waals surface area contributed by atoms with Crippen LogP contribution in [-0.4, -0.2) is 40.2 Å². The van der Waals surface area contributed by atoms with Crippen LogP contribution >= 0.6 is 11.6 Å². The molecule has 0 unspecified atom stereocenters. The highest BCUT2D eigenvalue weighted by atomic mass is 35.5. The van der Waals surface area contributed by atoms with E-state index in [9.17, 15) is 4.79 Å². The molecule has 0 saturated carbocycles. The third-order valence-electron chi connectivity index (χ3n) is 5.02. The molecule has 1 aromatic heterocycles. The van der Waals surface area contributed by atoms with E-state index in [1.165, 1.54) is 0 Å². The quantitative estimate of drug-likeness (QED) is 0.779. The topological polar surface area (TPSA) is 61.7 Å². The van der Waals surface area contributed by atoms with Crippen molar-refractivity contribution < 1.29 is 4.79 Å². The first kappa shape index (κ1) is 17.0. The summed E-state index contributed by atoms with van der Waals surface area (Å²) in [6.07, 6.45) is 5.84. The molecule has 0 spiro atoms. The van der Waals surface area contributed by atoms with Crippen LogP contribution in [0.5, 0.6) is 0 Å². The Morgan fingerprint density at radius 2 is 1.88 bits per heavy atom. The standard InChI is InChI=1S/C19H20ClN5O/c20-19-21-10-7-17(23-19)24-12-8-15(9-13-24)18(26)25-16(6-11-22-25)14-4-2-1-3-5-14/h1-5,7,10-11,15-16H,6,8-9,12-13H2/t16-/m0/s1. The van der Waals surface area contributed by atoms with Crippen LogP contribution in [0.2, 0.25) is 5.28 Å². The van der Waals surface area contributed by atoms with E-state index in [1.807, 2.05) is 30.5 Å². The fourth-order valence-electron chi connectivity index (χ4n) is 3.62. The molecule has 0 bridgehead atoms. The highest BCUT2D eigenvalue weighted by Gasteiger charge is 2.34. The summed E-state index contributed by atoms with van der Waals surface area (Å²) in [6.45, 7) is 1.55. The Balaban J connectivity index is 1.41. The molecule has 0 aliphatic carbocycles. The number of hydrazone groups is 1. The molecule has 1 atom stereocenters. The van der Waals surface area contributed by atoms with Crippen LogP contribution < -0.4 is 4.90 Å². The Kier molecular flexibility index (Phi) is 4.84. The van der Waals surface area contributed by atoms with Gasteiger partial charge in [0, 0.05) is 37.8 Å². The third-order valence-corrected chi connectivity index (χ3v) is 5.20. The van der Waals surface area contributed by atoms with Crippen molar-refractivity contribution in [2.45, 2.75) is 25.3 Å². The van der Waals surface area contributed by atoms with Gasteiger partial charge in [-0.1, -0.05) is 30.3 Å². The molecule has 1 fully saturated rings. The summed E-state index contributed by atoms with van der Waals surface area (Å²) in [5.74, 6) is 0.926. The Hall–Kier alpha value is -2.47. The number of piperidine rings is 1. The molecule has 26 heavy (non-hydrogen) atoms. The molecule has 1 amide bonds. The van der Waals surface area contributed by atoms with Crippen LogP contribution in [0.3, 0.4) is 0 Å². The summed E-state index contributed by atoms with van der Waals surface area (Å²) in [5.41, 5.74) is 1.13. The number of anilines is 1. The number of hydrogen-bond acceptors (Lipinski definition) is 5. The summed E-state index contributed by atoms with van der Waals surface area (Å²) in [4.78, 5) is 23.4. The van der Waals surface area contributed by atoms with Gasteiger partial charge >= 0.3 is 0 Å². The van der Waals surface area contributed by atoms with E-state index in [1.54, 1.807) is 11.2 Å². The maximum absolute atomic E-state index is 13.0. The SMILES string of the molecule is O=C(C1CCN(c2ccnc(Cl)n2)CC1)N1N=CC[C@H]1c1ccccc1. The predicted molar refractivity (Wildman–Crippen MR) is 101 cm³/mol. The van der Waals surface area contributed by atoms with E-state index >= 15 is 0 Å². The van der Waals surface area contributed by atoms with Crippen molar-refractivity contribution in [2.75, 3.05) is 18.0 Å². The molecule has 0 N–H and O–H groups in total. The average molecular weight is 370 g/mol. The van der Waals surface area contributed by atoms with E-state index in [0.29, 0.717) is 0 Å². The fourth-order valence-corrected chi connectivity index (χ4v) is 3.77. The molecule has 134 valence electrons. The van der Waals surface area contributed by atoms with Gasteiger partial charge < -0.3 is 4.90 Å². The first-order chi connectivity index (χ1) is 12.7. The third kappa shape index (κ3) is 3.42. The zero-order chi connectivity index (χ0) is 17.9. The number of amides is 1. The molecule has 0 radical (unpaired) electrons. The van der Waals surface area contributed by atoms with Crippen LogP contribution in [0.4, 0.5) is 5.82 Å². The molecule has 6 nitrogen and oxygen atoms in total. The molecule has 1 aromatic carbocycles. The Labute approximate surface area is 157 Å². The molecule has 4 rings (SSSR count). The molecule has 2 aliphatic heterocycles. The lowest BCUT2D eigenvalue weighted by molar-refractivity contribution is -0.138. The van der Waals surface area contributed by atoms with E-state index in [4.69, 9.17) is 11.6 Å². The lowest BCUT2D eigenvalue weighted by atomic mass is 9.94. The number of rotatable bonds is 3. The number of benzene rings is 1. The molecule has 2 aromatic rings. The maximum atomic E-state index is 13.0. The highest BCUT2D eigenvalue weighted by Crippen LogP contribution is 2.32. The van der Waals surface area contributed by atoms with E-state index in [-0.39, 0.29) is 23.2 Å². The monoisotopic (exact) mass is 369 g/mol. The molecule has 2 aliphatic rings. The molecule has 3 heterocycles. The van der Waals surface area contributed by atoms with Crippen molar-refractivity contribution in [2.24, 2.45) is 11.0 Å². The minimum atomic E-state index is -0.00924. The van der Waals surface area contributed by atoms with Gasteiger partial charge in [0.1, 0.15) is 5.82 Å². The van der Waals surface area contributed by atoms with Crippen molar-refractivity contribution in [3.63, 3.8) is 0 Å². The minimum absolute atomic E-state index is 0.00924. The van der Waals surface area contributed by atoms with Gasteiger partial charge in [0.2, 0.25) is 11.2 Å². The number of carbonyl (C=O) groups excluding carboxylic acids is 1. The van der Waals surface area contributed by atoms with Gasteiger partial charge in [-0.2, -0.15) is 5.10 Å². The van der Waals surface area contributed by atoms with Crippen LogP contribution in [0.1, 0.15) is 30.9 Å². The number of nitrogens with zero attached hydrogens (tertiary/aromatic N) is 5. The van der Waals surface area contributed by atoms with Crippen molar-refractivity contribution >= 4 is 29.5 Å². The highest BCUT2D eigenvalue weighted by molar-refractivity contribution is 6.28. The van der Waals surface area contributed by atoms with Gasteiger partial charge in [0.15, 0.2) is 0 Å². The van der Waals surface area contributed by atoms with Crippen molar-refractivity contribution in [1.82, 2.24) is 15.0 Å². The van der Waals surface area contributed by atoms with Crippen molar-refractivity contribution in [1.29, 1.82) is 0 Å². The molecule has 7 heteroatoms. The number of carbonyl (C=O) groups is 1. The number of aromatic nitrogens is 2. The summed E-state index contributed by atoms with van der Waals surface area (Å²) in [6, 6.07) is 12.0. The van der Waals surface area contributed by atoms with Gasteiger partial charge in [0.25, 0.3) is 0 Å². The second kappa shape index (κ2) is 7.41. The van der Waals surface area contributed by atoms with E-state index in [0.717, 1.165) is 43.7 Å². The van der Waals surface area contributed by atoms with Gasteiger partial charge in [-0.15, -0.1) is 0 Å². The second-order valence-electron chi connectivity index (χ2n) is 6.59. The zero-order valence-electron chi connectivity index (χ0n) is 14.3. The van der Waals surface area contributed by atoms with Gasteiger partial charge in [-0.3, -0.25) is 4.79 Å². The van der Waals surface area contributed by atoms with Crippen molar-refractivity contribution in [3.05, 3.63) is 53.4 Å². The van der Waals surface area contributed by atoms with Gasteiger partial charge in [-0.05, 0) is 36.1 Å². The van der Waals surface area contributed by atoms with Gasteiger partial charge in [0.05, 0.1) is 6.04 Å². The van der Waals surface area contributed by atoms with E-state index in [2.05, 4.69) is 32.1 Å². The van der Waals surface area contributed by atoms with Gasteiger partial charge in [-0.25, -0.2) is 15.0 Å². The number of hydrogen-bond donors (Lipinski definition) is 0. The van der Waals surface area contributed by atoms with Crippen molar-refractivity contribution in [3.8, 4) is 0 Å². The zero-order valence-corrected chi connectivity index (χ0v) is 15.1. The smallest absolute Gasteiger partial charge is 0.246 e. The lowest BCUT2D eigenvalue weighted by Gasteiger charge is -2.34. The first-order valence-electron chi connectivity index (χ1n) is 8.86. The molecule has 1 saturated heterocycles. The Morgan fingerprint density at radius 3 is 2.62 bits per heavy atom. The molecular weight excluding hydrogens is 350 g/mol. The Bertz CT molecular complexity index is 805. The van der Waals surface area contributed by atoms with Crippen LogP contribution in [0.25, 0.3) is 0 Å². The summed E-state index contributed by atoms with van der Waals surface area (Å²) in [7, 11) is 0. The molecular formula is C19H20ClN5O. The van der Waals surface area contributed by atoms with Crippen LogP contribution in [-0.2, 0) is 4.79 Å². The average Bonchev–Trinajstić information content (AvgIpc) is 3.18. The van der Waals surface area contributed by atoms with Crippen LogP contribution in [0, 0.1) is 5.92 Å². The summed E-state index contributed by atoms with van der Waals surface area (Å²) >= 11 is 5.88. The lowest BCUT2D eigenvalue weighted by Crippen LogP contribution is -2.41. The predicted octanol–water partition coefficient (Wildman–Crippen LogP) is 3.31. The first-order valence-corrected chi connectivity index (χ1v) is 9.24. The van der Waals surface area contributed by atoms with Crippen LogP contribution in [0.15, 0.2) is 47.7 Å². The minimum Gasteiger partial charge on any atom is -0.356 e.